The number of rotatable bonds is 25. The zero-order valence-corrected chi connectivity index (χ0v) is 54.5. The van der Waals surface area contributed by atoms with E-state index in [1.54, 1.807) is 11.1 Å². The summed E-state index contributed by atoms with van der Waals surface area (Å²) >= 11 is 0. The maximum atomic E-state index is 6.79. The van der Waals surface area contributed by atoms with Gasteiger partial charge in [0.15, 0.2) is 0 Å². The van der Waals surface area contributed by atoms with Gasteiger partial charge in [-0.1, -0.05) is 131 Å². The molecule has 6 saturated carbocycles. The number of halogens is 2. The van der Waals surface area contributed by atoms with Crippen molar-refractivity contribution in [3.8, 4) is 0 Å². The fourth-order valence-corrected chi connectivity index (χ4v) is 20.2. The molecule has 0 unspecified atom stereocenters. The van der Waals surface area contributed by atoms with Crippen LogP contribution in [-0.4, -0.2) is 88.8 Å². The highest BCUT2D eigenvalue weighted by Gasteiger charge is 2.61. The van der Waals surface area contributed by atoms with Crippen LogP contribution in [0.25, 0.3) is 0 Å². The molecule has 8 aliphatic carbocycles. The van der Waals surface area contributed by atoms with E-state index in [9.17, 15) is 0 Å². The molecule has 8 aliphatic rings. The summed E-state index contributed by atoms with van der Waals surface area (Å²) in [6.07, 6.45) is 42.6. The molecule has 430 valence electrons. The Morgan fingerprint density at radius 2 is 0.851 bits per heavy atom. The minimum Gasteiger partial charge on any atom is -1.00 e. The summed E-state index contributed by atoms with van der Waals surface area (Å²) in [5.74, 6) is 10.9. The van der Waals surface area contributed by atoms with Crippen LogP contribution in [0.15, 0.2) is 23.3 Å². The highest BCUT2D eigenvalue weighted by atomic mass is 79.9. The largest absolute Gasteiger partial charge is 1.00 e. The summed E-state index contributed by atoms with van der Waals surface area (Å²) < 4.78 is 15.7. The van der Waals surface area contributed by atoms with Gasteiger partial charge in [0.25, 0.3) is 0 Å². The molecule has 6 heteroatoms. The average molecular weight is 1160 g/mol. The van der Waals surface area contributed by atoms with Gasteiger partial charge in [0.05, 0.1) is 66.7 Å². The first kappa shape index (κ1) is 63.5. The summed E-state index contributed by atoms with van der Waals surface area (Å²) in [7, 11) is 9.79. The predicted octanol–water partition coefficient (Wildman–Crippen LogP) is 11.6. The van der Waals surface area contributed by atoms with Crippen LogP contribution in [0.3, 0.4) is 0 Å². The Balaban J connectivity index is 0.00000446. The van der Waals surface area contributed by atoms with E-state index in [2.05, 4.69) is 110 Å². The van der Waals surface area contributed by atoms with Crippen molar-refractivity contribution in [1.82, 2.24) is 0 Å². The van der Waals surface area contributed by atoms with Gasteiger partial charge < -0.3 is 52.4 Å². The topological polar surface area (TPSA) is 18.5 Å². The summed E-state index contributed by atoms with van der Waals surface area (Å²) in [5, 5.41) is 0. The van der Waals surface area contributed by atoms with Gasteiger partial charge in [-0.2, -0.15) is 0 Å². The highest BCUT2D eigenvalue weighted by molar-refractivity contribution is 5.27. The number of quaternary nitrogens is 2. The zero-order valence-electron chi connectivity index (χ0n) is 51.3. The lowest BCUT2D eigenvalue weighted by atomic mass is 9.47. The molecule has 0 bridgehead atoms. The van der Waals surface area contributed by atoms with E-state index in [0.717, 1.165) is 106 Å². The highest BCUT2D eigenvalue weighted by Crippen LogP contribution is 2.69. The Bertz CT molecular complexity index is 1680. The fraction of sp³-hybridized carbons (Fsp3) is 0.941. The quantitative estimate of drug-likeness (QED) is 0.0515. The molecule has 16 atom stereocenters. The smallest absolute Gasteiger partial charge is 0.102 e. The van der Waals surface area contributed by atoms with Crippen molar-refractivity contribution in [2.45, 2.75) is 248 Å². The Hall–Kier alpha value is 0.280. The van der Waals surface area contributed by atoms with Gasteiger partial charge >= 0.3 is 0 Å². The van der Waals surface area contributed by atoms with E-state index in [0.29, 0.717) is 33.9 Å². The number of unbranched alkanes of at least 4 members (excludes halogenated alkanes) is 3. The van der Waals surface area contributed by atoms with Crippen LogP contribution in [0.2, 0.25) is 0 Å². The van der Waals surface area contributed by atoms with E-state index in [1.165, 1.54) is 180 Å². The van der Waals surface area contributed by atoms with Gasteiger partial charge in [0.2, 0.25) is 0 Å². The molecular weight excluding hydrogens is 1040 g/mol. The van der Waals surface area contributed by atoms with Crippen LogP contribution in [0.4, 0.5) is 0 Å². The first-order valence-electron chi connectivity index (χ1n) is 32.3. The molecule has 0 heterocycles. The predicted molar refractivity (Wildman–Crippen MR) is 308 cm³/mol. The molecule has 8 rings (SSSR count). The first-order valence-corrected chi connectivity index (χ1v) is 32.3. The lowest BCUT2D eigenvalue weighted by Gasteiger charge is -2.58. The van der Waals surface area contributed by atoms with Gasteiger partial charge in [-0.3, -0.25) is 0 Å². The molecule has 6 fully saturated rings. The number of nitrogens with zero attached hydrogens (tertiary/aromatic N) is 2. The van der Waals surface area contributed by atoms with Crippen LogP contribution in [0.1, 0.15) is 236 Å². The fourth-order valence-electron chi connectivity index (χ4n) is 20.2. The SMILES string of the molecule is CC(C)CCC[C@@H](C)[C@H]1CC[C@H]2[C@@H]3CC=C4C[C@@H](OCC[N+](C)(C)CCCCCC[N+](C)(C)CCO[C@H]5CC[C@@]6(C)C(=CC[C@H]7[C@@H]8CC[C@H]([C@H](C)CCCC(C)C)[C@@]8(C)CC[C@@H]76)C5)CC[C@]4(C)[C@H]3CC[C@]12C.[Br-].[Br-]. The van der Waals surface area contributed by atoms with Gasteiger partial charge in [-0.05, 0) is 221 Å². The second-order valence-electron chi connectivity index (χ2n) is 31.2. The van der Waals surface area contributed by atoms with Gasteiger partial charge in [-0.25, -0.2) is 0 Å². The molecular formula is C68H122Br2N2O2. The van der Waals surface area contributed by atoms with Crippen molar-refractivity contribution in [3.05, 3.63) is 23.3 Å². The molecule has 0 aromatic rings. The third-order valence-electron chi connectivity index (χ3n) is 24.9. The molecule has 0 radical (unpaired) electrons. The molecule has 0 aliphatic heterocycles. The van der Waals surface area contributed by atoms with Crippen LogP contribution in [0, 0.1) is 92.7 Å². The molecule has 0 aromatic carbocycles. The third-order valence-corrected chi connectivity index (χ3v) is 24.9. The zero-order chi connectivity index (χ0) is 51.7. The van der Waals surface area contributed by atoms with Crippen LogP contribution in [0.5, 0.6) is 0 Å². The second kappa shape index (κ2) is 26.5. The molecule has 4 nitrogen and oxygen atoms in total. The molecule has 0 saturated heterocycles. The van der Waals surface area contributed by atoms with Crippen LogP contribution in [-0.2, 0) is 9.47 Å². The second-order valence-corrected chi connectivity index (χ2v) is 31.2. The van der Waals surface area contributed by atoms with Crippen molar-refractivity contribution in [1.29, 1.82) is 0 Å². The van der Waals surface area contributed by atoms with Crippen LogP contribution < -0.4 is 34.0 Å². The normalized spacial score (nSPS) is 38.5. The van der Waals surface area contributed by atoms with Gasteiger partial charge in [0.1, 0.15) is 13.1 Å². The Morgan fingerprint density at radius 1 is 0.459 bits per heavy atom. The number of hydrogen-bond acceptors (Lipinski definition) is 2. The average Bonchev–Trinajstić information content (AvgIpc) is 3.87. The summed E-state index contributed by atoms with van der Waals surface area (Å²) in [5.41, 5.74) is 5.57. The van der Waals surface area contributed by atoms with E-state index >= 15 is 0 Å². The molecule has 0 amide bonds. The number of likely N-dealkylation sites (N-methyl/N-ethyl adjacent to an activating group) is 2. The maximum absolute atomic E-state index is 6.79. The number of ether oxygens (including phenoxy) is 2. The van der Waals surface area contributed by atoms with Crippen molar-refractivity contribution in [3.63, 3.8) is 0 Å². The number of hydrogen-bond donors (Lipinski definition) is 0. The first-order chi connectivity index (χ1) is 34.1. The van der Waals surface area contributed by atoms with Crippen molar-refractivity contribution >= 4 is 0 Å². The van der Waals surface area contributed by atoms with E-state index in [-0.39, 0.29) is 34.0 Å². The van der Waals surface area contributed by atoms with Crippen molar-refractivity contribution in [2.24, 2.45) is 92.7 Å². The Kier molecular flexibility index (Phi) is 22.7. The molecule has 74 heavy (non-hydrogen) atoms. The lowest BCUT2D eigenvalue weighted by Crippen LogP contribution is -3.00. The summed E-state index contributed by atoms with van der Waals surface area (Å²) in [4.78, 5) is 0. The van der Waals surface area contributed by atoms with E-state index < -0.39 is 0 Å². The monoisotopic (exact) mass is 1160 g/mol. The van der Waals surface area contributed by atoms with E-state index in [1.807, 2.05) is 0 Å². The van der Waals surface area contributed by atoms with Crippen LogP contribution >= 0.6 is 0 Å². The van der Waals surface area contributed by atoms with Gasteiger partial charge in [0, 0.05) is 0 Å². The summed E-state index contributed by atoms with van der Waals surface area (Å²) in [6, 6.07) is 0. The minimum absolute atomic E-state index is 0. The molecule has 0 spiro atoms. The van der Waals surface area contributed by atoms with Gasteiger partial charge in [-0.15, -0.1) is 0 Å². The lowest BCUT2D eigenvalue weighted by molar-refractivity contribution is -0.891. The summed E-state index contributed by atoms with van der Waals surface area (Å²) in [6.45, 7) is 32.4. The number of fused-ring (bicyclic) bond motifs is 10. The minimum atomic E-state index is 0. The standard InChI is InChI=1S/C68H122N2O2.2BrH/c1-49(2)21-19-23-51(5)59-29-31-61-57-27-25-53-47-55(33-37-65(53,7)63(57)35-39-67(59,61)9)71-45-43-69(11,12)41-17-15-16-18-42-70(13,14)44-46-72-56-34-38-66(8)54(48-56)26-28-58-62-32-30-60(52(6)24-20-22-50(3)4)68(62,10)40-36-64(58)66;;/h25-26,49-52,55-64H,15-24,27-48H2,1-14H3;2*1H/q+2;;/p-2/t51-,52-,55+,56+,57+,58+,59-,60-,61+,62+,63+,64+,65+,66+,67-,68-;;/m1../s1. The maximum Gasteiger partial charge on any atom is 0.102 e. The molecule has 0 aromatic heterocycles. The Labute approximate surface area is 481 Å². The van der Waals surface area contributed by atoms with E-state index in [4.69, 9.17) is 9.47 Å². The number of allylic oxidation sites excluding steroid dienone is 2. The molecule has 0 N–H and O–H groups in total. The Morgan fingerprint density at radius 3 is 1.23 bits per heavy atom. The third kappa shape index (κ3) is 14.1. The van der Waals surface area contributed by atoms with Crippen molar-refractivity contribution < 1.29 is 52.4 Å². The van der Waals surface area contributed by atoms with Crippen molar-refractivity contribution in [2.75, 3.05) is 67.6 Å².